The number of para-hydroxylation sites is 1. The molecule has 1 amide bonds. The monoisotopic (exact) mass is 352 g/mol. The molecule has 1 aliphatic rings. The van der Waals surface area contributed by atoms with Crippen LogP contribution in [-0.4, -0.2) is 39.5 Å². The fourth-order valence-corrected chi connectivity index (χ4v) is 3.07. The molecule has 130 valence electrons. The summed E-state index contributed by atoms with van der Waals surface area (Å²) in [6, 6.07) is 6.92. The van der Waals surface area contributed by atoms with Gasteiger partial charge in [-0.2, -0.15) is 0 Å². The Labute approximate surface area is 144 Å². The van der Waals surface area contributed by atoms with Gasteiger partial charge in [-0.25, -0.2) is 4.79 Å². The van der Waals surface area contributed by atoms with Crippen LogP contribution < -0.4 is 17.0 Å². The average molecular weight is 353 g/mol. The van der Waals surface area contributed by atoms with Gasteiger partial charge in [0.05, 0.1) is 10.9 Å². The van der Waals surface area contributed by atoms with Gasteiger partial charge in [0, 0.05) is 32.1 Å². The van der Waals surface area contributed by atoms with Crippen molar-refractivity contribution in [3.63, 3.8) is 0 Å². The number of likely N-dealkylation sites (tertiary alicyclic amines) is 1. The summed E-state index contributed by atoms with van der Waals surface area (Å²) in [4.78, 5) is 40.2. The molecule has 0 saturated carbocycles. The number of aromatic nitrogens is 2. The molecule has 3 rings (SSSR count). The van der Waals surface area contributed by atoms with E-state index in [1.54, 1.807) is 29.2 Å². The predicted octanol–water partition coefficient (Wildman–Crippen LogP) is 0.451. The van der Waals surface area contributed by atoms with E-state index in [2.05, 4.69) is 4.98 Å². The highest BCUT2D eigenvalue weighted by atomic mass is 35.5. The molecule has 2 aromatic rings. The third-order valence-corrected chi connectivity index (χ3v) is 4.26. The van der Waals surface area contributed by atoms with Crippen LogP contribution in [0.5, 0.6) is 0 Å². The molecule has 0 radical (unpaired) electrons. The molecule has 3 N–H and O–H groups in total. The molecule has 1 atom stereocenters. The first-order valence-corrected chi connectivity index (χ1v) is 7.81. The first kappa shape index (κ1) is 18.2. The van der Waals surface area contributed by atoms with Crippen LogP contribution in [0.3, 0.4) is 0 Å². The molecule has 1 aliphatic heterocycles. The second-order valence-electron chi connectivity index (χ2n) is 5.92. The number of nitrogens with zero attached hydrogens (tertiary/aromatic N) is 2. The van der Waals surface area contributed by atoms with E-state index in [-0.39, 0.29) is 37.3 Å². The van der Waals surface area contributed by atoms with Crippen LogP contribution >= 0.6 is 12.4 Å². The van der Waals surface area contributed by atoms with E-state index in [9.17, 15) is 14.4 Å². The molecule has 1 saturated heterocycles. The van der Waals surface area contributed by atoms with Crippen molar-refractivity contribution < 1.29 is 4.79 Å². The van der Waals surface area contributed by atoms with Crippen molar-refractivity contribution in [1.29, 1.82) is 0 Å². The van der Waals surface area contributed by atoms with E-state index in [1.807, 2.05) is 0 Å². The molecule has 2 heterocycles. The quantitative estimate of drug-likeness (QED) is 0.837. The first-order valence-electron chi connectivity index (χ1n) is 7.81. The van der Waals surface area contributed by atoms with Gasteiger partial charge in [-0.1, -0.05) is 12.1 Å². The SMILES string of the molecule is Cl.NC1CCCN(C(=O)CCn2c(=O)[nH]c(=O)c3ccccc32)C1. The fraction of sp³-hybridized carbons (Fsp3) is 0.438. The van der Waals surface area contributed by atoms with Crippen molar-refractivity contribution in [2.45, 2.75) is 31.8 Å². The molecule has 0 spiro atoms. The van der Waals surface area contributed by atoms with Gasteiger partial charge in [-0.15, -0.1) is 12.4 Å². The van der Waals surface area contributed by atoms with E-state index < -0.39 is 11.2 Å². The number of carbonyl (C=O) groups is 1. The zero-order valence-corrected chi connectivity index (χ0v) is 14.1. The zero-order chi connectivity index (χ0) is 16.4. The number of halogens is 1. The Morgan fingerprint density at radius 1 is 1.29 bits per heavy atom. The highest BCUT2D eigenvalue weighted by Gasteiger charge is 2.21. The summed E-state index contributed by atoms with van der Waals surface area (Å²) in [5, 5.41) is 0.444. The fourth-order valence-electron chi connectivity index (χ4n) is 3.07. The maximum atomic E-state index is 12.3. The van der Waals surface area contributed by atoms with Crippen molar-refractivity contribution >= 4 is 29.2 Å². The minimum atomic E-state index is -0.489. The number of nitrogens with one attached hydrogen (secondary N) is 1. The minimum Gasteiger partial charge on any atom is -0.341 e. The van der Waals surface area contributed by atoms with Gasteiger partial charge in [0.25, 0.3) is 5.56 Å². The second-order valence-corrected chi connectivity index (χ2v) is 5.92. The number of benzene rings is 1. The number of rotatable bonds is 3. The summed E-state index contributed by atoms with van der Waals surface area (Å²) in [7, 11) is 0. The molecule has 0 bridgehead atoms. The van der Waals surface area contributed by atoms with Gasteiger partial charge < -0.3 is 10.6 Å². The number of aryl methyl sites for hydroxylation is 1. The van der Waals surface area contributed by atoms with Crippen LogP contribution in [-0.2, 0) is 11.3 Å². The molecule has 1 unspecified atom stereocenters. The van der Waals surface area contributed by atoms with E-state index in [4.69, 9.17) is 5.73 Å². The highest BCUT2D eigenvalue weighted by Crippen LogP contribution is 2.11. The summed E-state index contributed by atoms with van der Waals surface area (Å²) in [5.74, 6) is -0.0117. The Balaban J connectivity index is 0.00000208. The third-order valence-electron chi connectivity index (χ3n) is 4.26. The Hall–Kier alpha value is -2.12. The van der Waals surface area contributed by atoms with Crippen LogP contribution in [0.25, 0.3) is 10.9 Å². The molecule has 7 nitrogen and oxygen atoms in total. The third kappa shape index (κ3) is 3.68. The summed E-state index contributed by atoms with van der Waals surface area (Å²) in [5.41, 5.74) is 5.55. The van der Waals surface area contributed by atoms with E-state index >= 15 is 0 Å². The highest BCUT2D eigenvalue weighted by molar-refractivity contribution is 5.85. The summed E-state index contributed by atoms with van der Waals surface area (Å²) >= 11 is 0. The van der Waals surface area contributed by atoms with Crippen LogP contribution in [0, 0.1) is 0 Å². The lowest BCUT2D eigenvalue weighted by molar-refractivity contribution is -0.132. The lowest BCUT2D eigenvalue weighted by atomic mass is 10.1. The van der Waals surface area contributed by atoms with Crippen LogP contribution in [0.15, 0.2) is 33.9 Å². The largest absolute Gasteiger partial charge is 0.341 e. The Morgan fingerprint density at radius 3 is 2.79 bits per heavy atom. The lowest BCUT2D eigenvalue weighted by Gasteiger charge is -2.30. The van der Waals surface area contributed by atoms with Crippen LogP contribution in [0.1, 0.15) is 19.3 Å². The molecular weight excluding hydrogens is 332 g/mol. The van der Waals surface area contributed by atoms with Crippen molar-refractivity contribution in [2.75, 3.05) is 13.1 Å². The number of aromatic amines is 1. The Kier molecular flexibility index (Phi) is 5.80. The van der Waals surface area contributed by atoms with Crippen LogP contribution in [0.2, 0.25) is 0 Å². The predicted molar refractivity (Wildman–Crippen MR) is 94.5 cm³/mol. The summed E-state index contributed by atoms with van der Waals surface area (Å²) in [6.45, 7) is 1.52. The van der Waals surface area contributed by atoms with E-state index in [1.165, 1.54) is 4.57 Å². The van der Waals surface area contributed by atoms with Crippen molar-refractivity contribution in [3.05, 3.63) is 45.1 Å². The number of carbonyl (C=O) groups excluding carboxylic acids is 1. The number of fused-ring (bicyclic) bond motifs is 1. The van der Waals surface area contributed by atoms with Gasteiger partial charge in [0.2, 0.25) is 5.91 Å². The van der Waals surface area contributed by atoms with Gasteiger partial charge in [-0.05, 0) is 25.0 Å². The zero-order valence-electron chi connectivity index (χ0n) is 13.2. The molecule has 1 fully saturated rings. The summed E-state index contributed by atoms with van der Waals surface area (Å²) in [6.07, 6.45) is 2.06. The molecule has 1 aromatic heterocycles. The Bertz CT molecular complexity index is 845. The van der Waals surface area contributed by atoms with Gasteiger partial charge in [0.1, 0.15) is 0 Å². The number of hydrogen-bond acceptors (Lipinski definition) is 4. The van der Waals surface area contributed by atoms with Crippen molar-refractivity contribution in [2.24, 2.45) is 5.73 Å². The minimum absolute atomic E-state index is 0. The van der Waals surface area contributed by atoms with Gasteiger partial charge >= 0.3 is 5.69 Å². The Morgan fingerprint density at radius 2 is 2.04 bits per heavy atom. The van der Waals surface area contributed by atoms with Gasteiger partial charge in [0.15, 0.2) is 0 Å². The number of nitrogens with two attached hydrogens (primary N) is 1. The number of piperidine rings is 1. The van der Waals surface area contributed by atoms with Crippen molar-refractivity contribution in [3.8, 4) is 0 Å². The molecule has 0 aliphatic carbocycles. The standard InChI is InChI=1S/C16H20N4O3.ClH/c17-11-4-3-8-19(10-11)14(21)7-9-20-13-6-2-1-5-12(13)15(22)18-16(20)23;/h1-2,5-6,11H,3-4,7-10,17H2,(H,18,22,23);1H. The molecular formula is C16H21ClN4O3. The first-order chi connectivity index (χ1) is 11.1. The maximum absolute atomic E-state index is 12.3. The summed E-state index contributed by atoms with van der Waals surface area (Å²) < 4.78 is 1.44. The number of hydrogen-bond donors (Lipinski definition) is 2. The molecule has 24 heavy (non-hydrogen) atoms. The van der Waals surface area contributed by atoms with E-state index in [0.717, 1.165) is 12.8 Å². The van der Waals surface area contributed by atoms with Crippen LogP contribution in [0.4, 0.5) is 0 Å². The normalized spacial score (nSPS) is 17.5. The maximum Gasteiger partial charge on any atom is 0.328 e. The topological polar surface area (TPSA) is 101 Å². The van der Waals surface area contributed by atoms with Gasteiger partial charge in [-0.3, -0.25) is 19.1 Å². The second kappa shape index (κ2) is 7.63. The van der Waals surface area contributed by atoms with E-state index in [0.29, 0.717) is 24.0 Å². The van der Waals surface area contributed by atoms with Crippen molar-refractivity contribution in [1.82, 2.24) is 14.5 Å². The average Bonchev–Trinajstić information content (AvgIpc) is 2.54. The smallest absolute Gasteiger partial charge is 0.328 e. The molecule has 1 aromatic carbocycles. The number of amides is 1. The lowest BCUT2D eigenvalue weighted by Crippen LogP contribution is -2.46. The number of H-pyrrole nitrogens is 1. The molecule has 8 heteroatoms.